The molecule has 2 N–H and O–H groups in total. The van der Waals surface area contributed by atoms with Crippen LogP contribution in [0.5, 0.6) is 0 Å². The molecule has 2 aliphatic carbocycles. The number of fused-ring (bicyclic) bond motifs is 6. The second-order valence-corrected chi connectivity index (χ2v) is 9.15. The van der Waals surface area contributed by atoms with Gasteiger partial charge in [-0.2, -0.15) is 0 Å². The van der Waals surface area contributed by atoms with Gasteiger partial charge < -0.3 is 10.3 Å². The van der Waals surface area contributed by atoms with Crippen LogP contribution in [0.15, 0.2) is 49.1 Å². The van der Waals surface area contributed by atoms with Crippen LogP contribution >= 0.6 is 11.6 Å². The van der Waals surface area contributed by atoms with Gasteiger partial charge in [0.05, 0.1) is 10.6 Å². The van der Waals surface area contributed by atoms with Crippen molar-refractivity contribution in [3.05, 3.63) is 76.5 Å². The fourth-order valence-electron chi connectivity index (χ4n) is 5.50. The number of carbonyl (C=O) groups excluding carboxylic acids is 1. The normalized spacial score (nSPS) is 21.9. The molecule has 4 aromatic rings. The van der Waals surface area contributed by atoms with Crippen LogP contribution in [0.1, 0.15) is 45.9 Å². The summed E-state index contributed by atoms with van der Waals surface area (Å²) >= 11 is 6.48. The molecule has 1 amide bonds. The van der Waals surface area contributed by atoms with Crippen molar-refractivity contribution < 1.29 is 4.79 Å². The van der Waals surface area contributed by atoms with Crippen LogP contribution < -0.4 is 5.32 Å². The number of hydrogen-bond acceptors (Lipinski definition) is 3. The first-order valence-electron chi connectivity index (χ1n) is 10.6. The van der Waals surface area contributed by atoms with E-state index in [2.05, 4.69) is 45.6 Å². The molecule has 0 saturated heterocycles. The van der Waals surface area contributed by atoms with E-state index in [1.807, 2.05) is 6.07 Å². The number of benzene rings is 2. The fraction of sp³-hybridized carbons (Fsp3) is 0.292. The summed E-state index contributed by atoms with van der Waals surface area (Å²) in [6.45, 7) is 2.12. The minimum atomic E-state index is -0.110. The molecule has 0 unspecified atom stereocenters. The Bertz CT molecular complexity index is 1310. The highest BCUT2D eigenvalue weighted by atomic mass is 35.5. The number of aryl methyl sites for hydroxylation is 1. The lowest BCUT2D eigenvalue weighted by atomic mass is 9.81. The highest BCUT2D eigenvalue weighted by Crippen LogP contribution is 2.49. The van der Waals surface area contributed by atoms with E-state index in [0.29, 0.717) is 22.4 Å². The molecule has 156 valence electrons. The Morgan fingerprint density at radius 1 is 1.16 bits per heavy atom. The first kappa shape index (κ1) is 18.6. The number of amides is 1. The maximum absolute atomic E-state index is 13.2. The van der Waals surface area contributed by atoms with Gasteiger partial charge in [0.2, 0.25) is 0 Å². The number of halogens is 1. The molecule has 31 heavy (non-hydrogen) atoms. The summed E-state index contributed by atoms with van der Waals surface area (Å²) in [4.78, 5) is 16.8. The predicted octanol–water partition coefficient (Wildman–Crippen LogP) is 4.56. The van der Waals surface area contributed by atoms with E-state index in [9.17, 15) is 4.79 Å². The van der Waals surface area contributed by atoms with Gasteiger partial charge in [-0.05, 0) is 67.5 Å². The molecule has 0 aliphatic heterocycles. The fourth-order valence-corrected chi connectivity index (χ4v) is 5.76. The lowest BCUT2D eigenvalue weighted by Gasteiger charge is -2.31. The molecule has 2 aromatic heterocycles. The average molecular weight is 432 g/mol. The Morgan fingerprint density at radius 3 is 2.81 bits per heavy atom. The number of nitrogens with one attached hydrogen (secondary N) is 2. The second-order valence-electron chi connectivity index (χ2n) is 8.75. The van der Waals surface area contributed by atoms with Gasteiger partial charge in [-0.1, -0.05) is 23.7 Å². The number of aromatic nitrogens is 4. The summed E-state index contributed by atoms with van der Waals surface area (Å²) < 4.78 is 1.76. The number of rotatable bonds is 3. The zero-order valence-corrected chi connectivity index (χ0v) is 17.9. The SMILES string of the molecule is Cc1ccc2c3c([nH]c2c1)C[C@@H]1CC[C@H]3[C@@H]1NC(=O)c1ccc(-n2cnnc2)cc1Cl. The van der Waals surface area contributed by atoms with Crippen LogP contribution in [0, 0.1) is 12.8 Å². The van der Waals surface area contributed by atoms with Crippen molar-refractivity contribution in [1.29, 1.82) is 0 Å². The second kappa shape index (κ2) is 6.95. The lowest BCUT2D eigenvalue weighted by Crippen LogP contribution is -2.43. The van der Waals surface area contributed by atoms with Crippen LogP contribution in [-0.4, -0.2) is 31.7 Å². The highest BCUT2D eigenvalue weighted by Gasteiger charge is 2.44. The summed E-state index contributed by atoms with van der Waals surface area (Å²) in [5.74, 6) is 0.677. The van der Waals surface area contributed by atoms with E-state index >= 15 is 0 Å². The third-order valence-electron chi connectivity index (χ3n) is 6.91. The number of nitrogens with zero attached hydrogens (tertiary/aromatic N) is 3. The molecule has 1 fully saturated rings. The van der Waals surface area contributed by atoms with Gasteiger partial charge >= 0.3 is 0 Å². The van der Waals surface area contributed by atoms with Crippen molar-refractivity contribution in [2.24, 2.45) is 5.92 Å². The van der Waals surface area contributed by atoms with Crippen molar-refractivity contribution in [3.8, 4) is 5.69 Å². The van der Waals surface area contributed by atoms with Crippen LogP contribution in [0.25, 0.3) is 16.6 Å². The molecular formula is C24H22ClN5O. The predicted molar refractivity (Wildman–Crippen MR) is 120 cm³/mol. The van der Waals surface area contributed by atoms with Gasteiger partial charge in [0, 0.05) is 34.2 Å². The highest BCUT2D eigenvalue weighted by molar-refractivity contribution is 6.34. The van der Waals surface area contributed by atoms with Crippen LogP contribution in [0.4, 0.5) is 0 Å². The van der Waals surface area contributed by atoms with Gasteiger partial charge in [0.25, 0.3) is 5.91 Å². The lowest BCUT2D eigenvalue weighted by molar-refractivity contribution is 0.0921. The third-order valence-corrected chi connectivity index (χ3v) is 7.23. The third kappa shape index (κ3) is 2.97. The quantitative estimate of drug-likeness (QED) is 0.499. The van der Waals surface area contributed by atoms with Crippen molar-refractivity contribution in [1.82, 2.24) is 25.1 Å². The first-order valence-corrected chi connectivity index (χ1v) is 11.0. The van der Waals surface area contributed by atoms with Gasteiger partial charge in [-0.15, -0.1) is 10.2 Å². The van der Waals surface area contributed by atoms with E-state index in [1.54, 1.807) is 29.4 Å². The zero-order chi connectivity index (χ0) is 21.1. The van der Waals surface area contributed by atoms with E-state index in [-0.39, 0.29) is 11.9 Å². The van der Waals surface area contributed by atoms with Gasteiger partial charge in [0.15, 0.2) is 0 Å². The molecule has 2 bridgehead atoms. The number of hydrogen-bond donors (Lipinski definition) is 2. The first-order chi connectivity index (χ1) is 15.1. The Morgan fingerprint density at radius 2 is 2.00 bits per heavy atom. The van der Waals surface area contributed by atoms with Crippen LogP contribution in [0.2, 0.25) is 5.02 Å². The molecular weight excluding hydrogens is 410 g/mol. The molecule has 6 nitrogen and oxygen atoms in total. The number of carbonyl (C=O) groups is 1. The van der Waals surface area contributed by atoms with Crippen molar-refractivity contribution in [2.45, 2.75) is 38.1 Å². The Kier molecular flexibility index (Phi) is 4.18. The van der Waals surface area contributed by atoms with Crippen molar-refractivity contribution in [2.75, 3.05) is 0 Å². The standard InChI is InChI=1S/C24H22ClN5O/c1-13-2-5-17-20(8-13)28-21-9-14-3-6-18(22(17)21)23(14)29-24(31)16-7-4-15(10-19(16)25)30-11-26-27-12-30/h2,4-5,7-8,10-12,14,18,23,28H,3,6,9H2,1H3,(H,29,31)/t14-,18+,23+/m0/s1. The minimum absolute atomic E-state index is 0.110. The van der Waals surface area contributed by atoms with Crippen LogP contribution in [-0.2, 0) is 6.42 Å². The molecule has 2 aliphatic rings. The monoisotopic (exact) mass is 431 g/mol. The van der Waals surface area contributed by atoms with E-state index in [4.69, 9.17) is 11.6 Å². The Hall–Kier alpha value is -3.12. The molecule has 6 rings (SSSR count). The topological polar surface area (TPSA) is 75.6 Å². The molecule has 2 aromatic carbocycles. The van der Waals surface area contributed by atoms with E-state index in [0.717, 1.165) is 24.9 Å². The van der Waals surface area contributed by atoms with Gasteiger partial charge in [-0.25, -0.2) is 0 Å². The molecule has 0 radical (unpaired) electrons. The van der Waals surface area contributed by atoms with Crippen molar-refractivity contribution in [3.63, 3.8) is 0 Å². The molecule has 1 saturated carbocycles. The average Bonchev–Trinajstić information content (AvgIpc) is 3.46. The van der Waals surface area contributed by atoms with E-state index in [1.165, 1.54) is 27.7 Å². The Labute approximate surface area is 184 Å². The van der Waals surface area contributed by atoms with Crippen molar-refractivity contribution >= 4 is 28.4 Å². The molecule has 7 heteroatoms. The van der Waals surface area contributed by atoms with Gasteiger partial charge in [-0.3, -0.25) is 9.36 Å². The summed E-state index contributed by atoms with van der Waals surface area (Å²) in [5, 5.41) is 12.7. The van der Waals surface area contributed by atoms with Crippen LogP contribution in [0.3, 0.4) is 0 Å². The number of H-pyrrole nitrogens is 1. The summed E-state index contributed by atoms with van der Waals surface area (Å²) in [7, 11) is 0. The van der Waals surface area contributed by atoms with E-state index < -0.39 is 0 Å². The molecule has 2 heterocycles. The Balaban J connectivity index is 1.29. The molecule has 0 spiro atoms. The maximum atomic E-state index is 13.2. The summed E-state index contributed by atoms with van der Waals surface area (Å²) in [6.07, 6.45) is 6.41. The minimum Gasteiger partial charge on any atom is -0.358 e. The molecule has 3 atom stereocenters. The van der Waals surface area contributed by atoms with Gasteiger partial charge in [0.1, 0.15) is 12.7 Å². The summed E-state index contributed by atoms with van der Waals surface area (Å²) in [6, 6.07) is 12.1. The zero-order valence-electron chi connectivity index (χ0n) is 17.1. The number of aromatic amines is 1. The maximum Gasteiger partial charge on any atom is 0.253 e. The smallest absolute Gasteiger partial charge is 0.253 e. The largest absolute Gasteiger partial charge is 0.358 e. The summed E-state index contributed by atoms with van der Waals surface area (Å²) in [5.41, 5.74) is 6.51.